The number of nitrogens with zero attached hydrogens (tertiary/aromatic N) is 3. The number of halogens is 1. The molecule has 0 bridgehead atoms. The summed E-state index contributed by atoms with van der Waals surface area (Å²) in [6.45, 7) is 3.73. The van der Waals surface area contributed by atoms with E-state index in [1.165, 1.54) is 4.68 Å². The van der Waals surface area contributed by atoms with E-state index in [9.17, 15) is 4.79 Å². The van der Waals surface area contributed by atoms with Crippen LogP contribution in [0.5, 0.6) is 0 Å². The van der Waals surface area contributed by atoms with Gasteiger partial charge in [-0.15, -0.1) is 0 Å². The zero-order valence-corrected chi connectivity index (χ0v) is 14.6. The fraction of sp³-hybridized carbons (Fsp3) is 0.222. The first-order valence-electron chi connectivity index (χ1n) is 7.70. The zero-order chi connectivity index (χ0) is 17.3. The van der Waals surface area contributed by atoms with Crippen molar-refractivity contribution in [2.75, 3.05) is 0 Å². The van der Waals surface area contributed by atoms with Crippen molar-refractivity contribution in [2.24, 2.45) is 7.05 Å². The number of benzene rings is 1. The highest BCUT2D eigenvalue weighted by molar-refractivity contribution is 6.34. The molecule has 2 aromatic heterocycles. The number of aryl methyl sites for hydroxylation is 2. The van der Waals surface area contributed by atoms with Crippen molar-refractivity contribution in [2.45, 2.75) is 19.9 Å². The SMILES string of the molecule is Cc1nn(C)c(C(=O)NC(C)c2cccc(-n3cccc3)c2)c1Cl. The van der Waals surface area contributed by atoms with Gasteiger partial charge >= 0.3 is 0 Å². The monoisotopic (exact) mass is 342 g/mol. The average Bonchev–Trinajstić information content (AvgIpc) is 3.16. The van der Waals surface area contributed by atoms with Crippen LogP contribution in [0.4, 0.5) is 0 Å². The van der Waals surface area contributed by atoms with Gasteiger partial charge in [0.2, 0.25) is 0 Å². The molecule has 0 saturated carbocycles. The van der Waals surface area contributed by atoms with Crippen LogP contribution in [0.25, 0.3) is 5.69 Å². The lowest BCUT2D eigenvalue weighted by molar-refractivity contribution is 0.0930. The van der Waals surface area contributed by atoms with E-state index in [0.717, 1.165) is 11.3 Å². The molecule has 1 N–H and O–H groups in total. The van der Waals surface area contributed by atoms with Crippen molar-refractivity contribution in [1.29, 1.82) is 0 Å². The Bertz CT molecular complexity index is 867. The Balaban J connectivity index is 1.81. The van der Waals surface area contributed by atoms with Gasteiger partial charge in [0.15, 0.2) is 0 Å². The van der Waals surface area contributed by atoms with Gasteiger partial charge in [0.1, 0.15) is 5.69 Å². The fourth-order valence-electron chi connectivity index (χ4n) is 2.69. The van der Waals surface area contributed by atoms with Gasteiger partial charge in [0.05, 0.1) is 16.8 Å². The van der Waals surface area contributed by atoms with E-state index in [4.69, 9.17) is 11.6 Å². The van der Waals surface area contributed by atoms with Crippen molar-refractivity contribution >= 4 is 17.5 Å². The van der Waals surface area contributed by atoms with Gasteiger partial charge in [-0.05, 0) is 43.7 Å². The molecule has 0 aliphatic carbocycles. The summed E-state index contributed by atoms with van der Waals surface area (Å²) in [6, 6.07) is 11.9. The Kier molecular flexibility index (Phi) is 4.44. The highest BCUT2D eigenvalue weighted by Gasteiger charge is 2.20. The fourth-order valence-corrected chi connectivity index (χ4v) is 2.93. The Morgan fingerprint density at radius 3 is 2.58 bits per heavy atom. The van der Waals surface area contributed by atoms with Gasteiger partial charge in [0.25, 0.3) is 5.91 Å². The lowest BCUT2D eigenvalue weighted by atomic mass is 10.1. The zero-order valence-electron chi connectivity index (χ0n) is 13.8. The molecule has 0 aliphatic heterocycles. The maximum Gasteiger partial charge on any atom is 0.271 e. The second-order valence-corrected chi connectivity index (χ2v) is 6.13. The molecule has 124 valence electrons. The van der Waals surface area contributed by atoms with E-state index in [-0.39, 0.29) is 11.9 Å². The molecule has 0 saturated heterocycles. The van der Waals surface area contributed by atoms with E-state index in [1.54, 1.807) is 14.0 Å². The van der Waals surface area contributed by atoms with Crippen molar-refractivity contribution in [1.82, 2.24) is 19.7 Å². The molecule has 24 heavy (non-hydrogen) atoms. The van der Waals surface area contributed by atoms with Crippen LogP contribution in [-0.2, 0) is 7.05 Å². The molecule has 1 atom stereocenters. The van der Waals surface area contributed by atoms with Crippen molar-refractivity contribution in [3.63, 3.8) is 0 Å². The molecule has 3 rings (SSSR count). The highest BCUT2D eigenvalue weighted by Crippen LogP contribution is 2.21. The topological polar surface area (TPSA) is 51.9 Å². The summed E-state index contributed by atoms with van der Waals surface area (Å²) in [5.41, 5.74) is 3.09. The Hall–Kier alpha value is -2.53. The smallest absolute Gasteiger partial charge is 0.271 e. The van der Waals surface area contributed by atoms with E-state index >= 15 is 0 Å². The minimum atomic E-state index is -0.234. The number of aromatic nitrogens is 3. The molecule has 1 aromatic carbocycles. The first kappa shape index (κ1) is 16.3. The lowest BCUT2D eigenvalue weighted by Gasteiger charge is -2.16. The summed E-state index contributed by atoms with van der Waals surface area (Å²) in [5.74, 6) is -0.234. The summed E-state index contributed by atoms with van der Waals surface area (Å²) >= 11 is 6.18. The van der Waals surface area contributed by atoms with Crippen LogP contribution in [0.3, 0.4) is 0 Å². The molecule has 0 fully saturated rings. The Morgan fingerprint density at radius 1 is 1.25 bits per heavy atom. The lowest BCUT2D eigenvalue weighted by Crippen LogP contribution is -2.28. The molecule has 0 spiro atoms. The number of rotatable bonds is 4. The number of carbonyl (C=O) groups is 1. The summed E-state index contributed by atoms with van der Waals surface area (Å²) < 4.78 is 3.54. The van der Waals surface area contributed by atoms with Crippen LogP contribution in [0.2, 0.25) is 5.02 Å². The quantitative estimate of drug-likeness (QED) is 0.786. The molecule has 6 heteroatoms. The van der Waals surface area contributed by atoms with Crippen LogP contribution in [-0.4, -0.2) is 20.3 Å². The third kappa shape index (κ3) is 3.08. The van der Waals surface area contributed by atoms with Crippen LogP contribution in [0.1, 0.15) is 34.7 Å². The van der Waals surface area contributed by atoms with Crippen LogP contribution in [0.15, 0.2) is 48.8 Å². The number of hydrogen-bond acceptors (Lipinski definition) is 2. The summed E-state index contributed by atoms with van der Waals surface area (Å²) in [5, 5.41) is 7.56. The molecule has 1 unspecified atom stereocenters. The largest absolute Gasteiger partial charge is 0.344 e. The third-order valence-electron chi connectivity index (χ3n) is 3.98. The predicted molar refractivity (Wildman–Crippen MR) is 94.6 cm³/mol. The Labute approximate surface area is 145 Å². The first-order valence-corrected chi connectivity index (χ1v) is 8.08. The summed E-state index contributed by atoms with van der Waals surface area (Å²) in [4.78, 5) is 12.5. The third-order valence-corrected chi connectivity index (χ3v) is 4.44. The molecule has 0 radical (unpaired) electrons. The van der Waals surface area contributed by atoms with Crippen LogP contribution < -0.4 is 5.32 Å². The van der Waals surface area contributed by atoms with Gasteiger partial charge < -0.3 is 9.88 Å². The molecule has 2 heterocycles. The van der Waals surface area contributed by atoms with Gasteiger partial charge in [-0.2, -0.15) is 5.10 Å². The molecule has 3 aromatic rings. The number of carbonyl (C=O) groups excluding carboxylic acids is 1. The Morgan fingerprint density at radius 2 is 1.96 bits per heavy atom. The number of hydrogen-bond donors (Lipinski definition) is 1. The summed E-state index contributed by atoms with van der Waals surface area (Å²) in [6.07, 6.45) is 3.97. The van der Waals surface area contributed by atoms with Gasteiger partial charge in [-0.1, -0.05) is 23.7 Å². The minimum absolute atomic E-state index is 0.153. The van der Waals surface area contributed by atoms with Gasteiger partial charge in [-0.3, -0.25) is 9.48 Å². The minimum Gasteiger partial charge on any atom is -0.344 e. The van der Waals surface area contributed by atoms with Gasteiger partial charge in [-0.25, -0.2) is 0 Å². The molecular weight excluding hydrogens is 324 g/mol. The van der Waals surface area contributed by atoms with E-state index in [0.29, 0.717) is 16.4 Å². The molecule has 0 aliphatic rings. The van der Waals surface area contributed by atoms with Gasteiger partial charge in [0, 0.05) is 25.1 Å². The van der Waals surface area contributed by atoms with E-state index < -0.39 is 0 Å². The predicted octanol–water partition coefficient (Wildman–Crippen LogP) is 3.66. The van der Waals surface area contributed by atoms with Crippen molar-refractivity contribution < 1.29 is 4.79 Å². The van der Waals surface area contributed by atoms with Crippen molar-refractivity contribution in [3.05, 3.63) is 70.8 Å². The number of nitrogens with one attached hydrogen (secondary N) is 1. The average molecular weight is 343 g/mol. The normalized spacial score (nSPS) is 12.2. The first-order chi connectivity index (χ1) is 11.5. The standard InChI is InChI=1S/C18H19ClN4O/c1-12(20-18(24)17-16(19)13(2)21-22(17)3)14-7-6-8-15(11-14)23-9-4-5-10-23/h4-12H,1-3H3,(H,20,24). The molecule has 5 nitrogen and oxygen atoms in total. The molecule has 1 amide bonds. The second-order valence-electron chi connectivity index (χ2n) is 5.75. The highest BCUT2D eigenvalue weighted by atomic mass is 35.5. The second kappa shape index (κ2) is 6.53. The van der Waals surface area contributed by atoms with Crippen LogP contribution in [0, 0.1) is 6.92 Å². The van der Waals surface area contributed by atoms with Crippen LogP contribution >= 0.6 is 11.6 Å². The maximum absolute atomic E-state index is 12.5. The maximum atomic E-state index is 12.5. The molecular formula is C18H19ClN4O. The van der Waals surface area contributed by atoms with Crippen molar-refractivity contribution in [3.8, 4) is 5.69 Å². The number of amides is 1. The summed E-state index contributed by atoms with van der Waals surface area (Å²) in [7, 11) is 1.71. The van der Waals surface area contributed by atoms with E-state index in [1.807, 2.05) is 54.2 Å². The van der Waals surface area contributed by atoms with E-state index in [2.05, 4.69) is 16.5 Å².